The number of phenols is 1. The molecule has 0 unspecified atom stereocenters. The topological polar surface area (TPSA) is 92.4 Å². The van der Waals surface area contributed by atoms with Gasteiger partial charge in [-0.1, -0.05) is 12.1 Å². The van der Waals surface area contributed by atoms with Crippen LogP contribution in [0.4, 0.5) is 0 Å². The number of hydrogen-bond acceptors (Lipinski definition) is 4. The molecule has 4 aromatic rings. The highest BCUT2D eigenvalue weighted by Crippen LogP contribution is 2.21. The van der Waals surface area contributed by atoms with Gasteiger partial charge in [0.15, 0.2) is 0 Å². The summed E-state index contributed by atoms with van der Waals surface area (Å²) in [4.78, 5) is 27.5. The number of aromatic hydroxyl groups is 1. The zero-order valence-corrected chi connectivity index (χ0v) is 15.4. The van der Waals surface area contributed by atoms with Crippen molar-refractivity contribution < 1.29 is 5.11 Å². The van der Waals surface area contributed by atoms with Gasteiger partial charge in [0.25, 0.3) is 5.56 Å². The van der Waals surface area contributed by atoms with Gasteiger partial charge in [-0.2, -0.15) is 5.10 Å². The number of phenolic OH excluding ortho intramolecular Hbond substituents is 1. The predicted octanol–water partition coefficient (Wildman–Crippen LogP) is 2.69. The van der Waals surface area contributed by atoms with Crippen LogP contribution in [0.3, 0.4) is 0 Å². The van der Waals surface area contributed by atoms with E-state index in [4.69, 9.17) is 0 Å². The molecular formula is C21H18N4O3. The van der Waals surface area contributed by atoms with Crippen LogP contribution in [0.25, 0.3) is 16.6 Å². The zero-order chi connectivity index (χ0) is 19.8. The van der Waals surface area contributed by atoms with Gasteiger partial charge < -0.3 is 14.7 Å². The van der Waals surface area contributed by atoms with E-state index in [0.29, 0.717) is 10.9 Å². The van der Waals surface area contributed by atoms with E-state index >= 15 is 0 Å². The molecule has 2 aromatic heterocycles. The van der Waals surface area contributed by atoms with Crippen LogP contribution in [0, 0.1) is 13.8 Å². The zero-order valence-electron chi connectivity index (χ0n) is 15.4. The minimum absolute atomic E-state index is 0.197. The van der Waals surface area contributed by atoms with Gasteiger partial charge in [-0.05, 0) is 56.3 Å². The summed E-state index contributed by atoms with van der Waals surface area (Å²) >= 11 is 0. The van der Waals surface area contributed by atoms with Gasteiger partial charge in [0.05, 0.1) is 17.1 Å². The van der Waals surface area contributed by atoms with Crippen LogP contribution in [0.2, 0.25) is 0 Å². The number of H-pyrrole nitrogens is 1. The first-order chi connectivity index (χ1) is 13.5. The lowest BCUT2D eigenvalue weighted by atomic mass is 10.2. The van der Waals surface area contributed by atoms with E-state index in [1.165, 1.54) is 6.21 Å². The molecule has 4 rings (SSSR count). The Morgan fingerprint density at radius 1 is 1.04 bits per heavy atom. The second-order valence-corrected chi connectivity index (χ2v) is 6.52. The van der Waals surface area contributed by atoms with Crippen LogP contribution in [0.15, 0.2) is 69.3 Å². The first kappa shape index (κ1) is 17.5. The summed E-state index contributed by atoms with van der Waals surface area (Å²) in [5.74, 6) is 0.197. The maximum atomic E-state index is 12.6. The molecule has 0 atom stereocenters. The third-order valence-corrected chi connectivity index (χ3v) is 4.67. The van der Waals surface area contributed by atoms with Gasteiger partial charge in [-0.3, -0.25) is 4.79 Å². The standard InChI is InChI=1S/C21H18N4O3/c1-13-11-15(14(2)24(13)16-7-9-17(26)10-8-16)12-22-25-20(27)18-5-3-4-6-19(18)23-21(25)28/h3-12,26H,1-2H3,(H,23,28). The molecule has 7 heteroatoms. The highest BCUT2D eigenvalue weighted by molar-refractivity contribution is 5.82. The smallest absolute Gasteiger partial charge is 0.349 e. The van der Waals surface area contributed by atoms with Crippen LogP contribution in [-0.4, -0.2) is 25.5 Å². The first-order valence-electron chi connectivity index (χ1n) is 8.72. The summed E-state index contributed by atoms with van der Waals surface area (Å²) in [5, 5.41) is 14.0. The molecule has 0 aliphatic carbocycles. The molecule has 0 spiro atoms. The van der Waals surface area contributed by atoms with Crippen molar-refractivity contribution >= 4 is 17.1 Å². The Bertz CT molecular complexity index is 1320. The fourth-order valence-electron chi connectivity index (χ4n) is 3.30. The maximum absolute atomic E-state index is 12.6. The molecule has 28 heavy (non-hydrogen) atoms. The molecule has 0 saturated carbocycles. The number of rotatable bonds is 3. The largest absolute Gasteiger partial charge is 0.508 e. The Morgan fingerprint density at radius 3 is 2.50 bits per heavy atom. The number of aryl methyl sites for hydroxylation is 1. The van der Waals surface area contributed by atoms with Crippen LogP contribution >= 0.6 is 0 Å². The maximum Gasteiger partial charge on any atom is 0.349 e. The third-order valence-electron chi connectivity index (χ3n) is 4.67. The van der Waals surface area contributed by atoms with Gasteiger partial charge in [0, 0.05) is 22.6 Å². The monoisotopic (exact) mass is 374 g/mol. The number of aromatic amines is 1. The van der Waals surface area contributed by atoms with Crippen molar-refractivity contribution in [1.82, 2.24) is 14.2 Å². The second-order valence-electron chi connectivity index (χ2n) is 6.52. The Kier molecular flexibility index (Phi) is 4.19. The number of aromatic nitrogens is 3. The number of nitrogens with zero attached hydrogens (tertiary/aromatic N) is 3. The molecule has 7 nitrogen and oxygen atoms in total. The minimum Gasteiger partial charge on any atom is -0.508 e. The molecule has 0 radical (unpaired) electrons. The van der Waals surface area contributed by atoms with E-state index in [9.17, 15) is 14.7 Å². The summed E-state index contributed by atoms with van der Waals surface area (Å²) in [6.45, 7) is 3.88. The van der Waals surface area contributed by atoms with E-state index < -0.39 is 11.2 Å². The molecule has 2 heterocycles. The van der Waals surface area contributed by atoms with Crippen LogP contribution in [0.5, 0.6) is 5.75 Å². The van der Waals surface area contributed by atoms with Crippen molar-refractivity contribution in [2.24, 2.45) is 5.10 Å². The molecule has 0 saturated heterocycles. The summed E-state index contributed by atoms with van der Waals surface area (Å²) in [6, 6.07) is 15.6. The average Bonchev–Trinajstić information content (AvgIpc) is 2.96. The fourth-order valence-corrected chi connectivity index (χ4v) is 3.30. The third kappa shape index (κ3) is 2.92. The molecule has 0 aliphatic heterocycles. The van der Waals surface area contributed by atoms with Gasteiger partial charge >= 0.3 is 5.69 Å². The van der Waals surface area contributed by atoms with E-state index in [2.05, 4.69) is 10.1 Å². The second kappa shape index (κ2) is 6.70. The predicted molar refractivity (Wildman–Crippen MR) is 109 cm³/mol. The Balaban J connectivity index is 1.79. The number of hydrogen-bond donors (Lipinski definition) is 2. The number of fused-ring (bicyclic) bond motifs is 1. The highest BCUT2D eigenvalue weighted by atomic mass is 16.3. The van der Waals surface area contributed by atoms with E-state index in [1.807, 2.05) is 36.6 Å². The van der Waals surface area contributed by atoms with Crippen molar-refractivity contribution in [3.8, 4) is 11.4 Å². The summed E-state index contributed by atoms with van der Waals surface area (Å²) in [5.41, 5.74) is 2.96. The first-order valence-corrected chi connectivity index (χ1v) is 8.72. The lowest BCUT2D eigenvalue weighted by Crippen LogP contribution is -2.32. The van der Waals surface area contributed by atoms with Crippen molar-refractivity contribution in [2.45, 2.75) is 13.8 Å². The quantitative estimate of drug-likeness (QED) is 0.540. The fraction of sp³-hybridized carbons (Fsp3) is 0.0952. The van der Waals surface area contributed by atoms with Crippen molar-refractivity contribution in [3.63, 3.8) is 0 Å². The van der Waals surface area contributed by atoms with Crippen LogP contribution in [0.1, 0.15) is 17.0 Å². The molecule has 0 fully saturated rings. The lowest BCUT2D eigenvalue weighted by Gasteiger charge is -2.09. The molecule has 2 aromatic carbocycles. The Hall–Kier alpha value is -3.87. The molecule has 0 amide bonds. The van der Waals surface area contributed by atoms with Gasteiger partial charge in [-0.25, -0.2) is 4.79 Å². The normalized spacial score (nSPS) is 11.5. The van der Waals surface area contributed by atoms with Crippen molar-refractivity contribution in [1.29, 1.82) is 0 Å². The summed E-state index contributed by atoms with van der Waals surface area (Å²) in [6.07, 6.45) is 1.50. The molecular weight excluding hydrogens is 356 g/mol. The number of nitrogens with one attached hydrogen (secondary N) is 1. The minimum atomic E-state index is -0.590. The van der Waals surface area contributed by atoms with Crippen LogP contribution < -0.4 is 11.2 Å². The molecule has 0 bridgehead atoms. The lowest BCUT2D eigenvalue weighted by molar-refractivity contribution is 0.475. The number of benzene rings is 2. The molecule has 140 valence electrons. The molecule has 0 aliphatic rings. The average molecular weight is 374 g/mol. The number of para-hydroxylation sites is 1. The van der Waals surface area contributed by atoms with Crippen molar-refractivity contribution in [2.75, 3.05) is 0 Å². The van der Waals surface area contributed by atoms with E-state index in [-0.39, 0.29) is 5.75 Å². The van der Waals surface area contributed by atoms with Crippen molar-refractivity contribution in [3.05, 3.63) is 92.4 Å². The highest BCUT2D eigenvalue weighted by Gasteiger charge is 2.10. The Morgan fingerprint density at radius 2 is 1.75 bits per heavy atom. The van der Waals surface area contributed by atoms with E-state index in [0.717, 1.165) is 27.3 Å². The summed E-state index contributed by atoms with van der Waals surface area (Å²) < 4.78 is 2.84. The van der Waals surface area contributed by atoms with E-state index in [1.54, 1.807) is 36.4 Å². The van der Waals surface area contributed by atoms with Gasteiger partial charge in [0.1, 0.15) is 5.75 Å². The van der Waals surface area contributed by atoms with Gasteiger partial charge in [-0.15, -0.1) is 4.68 Å². The Labute approximate surface area is 159 Å². The van der Waals surface area contributed by atoms with Crippen LogP contribution in [-0.2, 0) is 0 Å². The SMILES string of the molecule is Cc1cc(C=Nn2c(=O)[nH]c3ccccc3c2=O)c(C)n1-c1ccc(O)cc1. The molecule has 2 N–H and O–H groups in total. The van der Waals surface area contributed by atoms with Gasteiger partial charge in [0.2, 0.25) is 0 Å². The summed E-state index contributed by atoms with van der Waals surface area (Å²) in [7, 11) is 0.